The van der Waals surface area contributed by atoms with Gasteiger partial charge in [-0.1, -0.05) is 44.2 Å². The Kier molecular flexibility index (Phi) is 5.95. The Labute approximate surface area is 132 Å². The molecule has 1 aliphatic rings. The van der Waals surface area contributed by atoms with E-state index in [2.05, 4.69) is 24.5 Å². The molecule has 1 fully saturated rings. The number of hydrogen-bond acceptors (Lipinski definition) is 3. The standard InChI is InChI=1S/C17H25N3O2/c1-13(2)10-15(14-6-4-3-5-7-14)19-17(22)12-20-9-8-18-16(21)11-20/h3-7,13,15H,8-12H2,1-2H3,(H,18,21)(H,19,22)/t15-/m0/s1. The van der Waals surface area contributed by atoms with Gasteiger partial charge < -0.3 is 10.6 Å². The second-order valence-electron chi connectivity index (χ2n) is 6.22. The first-order valence-corrected chi connectivity index (χ1v) is 7.88. The number of carbonyl (C=O) groups is 2. The largest absolute Gasteiger partial charge is 0.354 e. The molecule has 1 heterocycles. The summed E-state index contributed by atoms with van der Waals surface area (Å²) >= 11 is 0. The van der Waals surface area contributed by atoms with Crippen LogP contribution in [0.15, 0.2) is 30.3 Å². The van der Waals surface area contributed by atoms with Crippen LogP contribution in [0, 0.1) is 5.92 Å². The van der Waals surface area contributed by atoms with Gasteiger partial charge in [0, 0.05) is 13.1 Å². The van der Waals surface area contributed by atoms with Crippen molar-refractivity contribution in [1.29, 1.82) is 0 Å². The van der Waals surface area contributed by atoms with Crippen molar-refractivity contribution in [2.75, 3.05) is 26.2 Å². The van der Waals surface area contributed by atoms with Crippen molar-refractivity contribution in [3.8, 4) is 0 Å². The van der Waals surface area contributed by atoms with E-state index in [1.165, 1.54) is 0 Å². The number of amides is 2. The van der Waals surface area contributed by atoms with Crippen LogP contribution in [0.3, 0.4) is 0 Å². The predicted octanol–water partition coefficient (Wildman–Crippen LogP) is 1.32. The molecule has 0 saturated carbocycles. The molecule has 2 amide bonds. The SMILES string of the molecule is CC(C)C[C@H](NC(=O)CN1CCNC(=O)C1)c1ccccc1. The summed E-state index contributed by atoms with van der Waals surface area (Å²) in [4.78, 5) is 25.5. The summed E-state index contributed by atoms with van der Waals surface area (Å²) in [5, 5.41) is 5.88. The number of nitrogens with zero attached hydrogens (tertiary/aromatic N) is 1. The first kappa shape index (κ1) is 16.5. The molecule has 0 aromatic heterocycles. The minimum atomic E-state index is -0.0239. The lowest BCUT2D eigenvalue weighted by Gasteiger charge is -2.27. The van der Waals surface area contributed by atoms with Crippen LogP contribution in [0.25, 0.3) is 0 Å². The highest BCUT2D eigenvalue weighted by Crippen LogP contribution is 2.20. The second kappa shape index (κ2) is 7.94. The molecule has 120 valence electrons. The van der Waals surface area contributed by atoms with Crippen molar-refractivity contribution >= 4 is 11.8 Å². The Morgan fingerprint density at radius 1 is 1.32 bits per heavy atom. The van der Waals surface area contributed by atoms with Crippen LogP contribution in [0.2, 0.25) is 0 Å². The van der Waals surface area contributed by atoms with Gasteiger partial charge in [-0.25, -0.2) is 0 Å². The average Bonchev–Trinajstić information content (AvgIpc) is 2.47. The molecule has 1 saturated heterocycles. The molecule has 5 heteroatoms. The zero-order chi connectivity index (χ0) is 15.9. The molecule has 1 atom stereocenters. The van der Waals surface area contributed by atoms with Crippen LogP contribution in [-0.2, 0) is 9.59 Å². The van der Waals surface area contributed by atoms with Crippen LogP contribution in [0.5, 0.6) is 0 Å². The fourth-order valence-electron chi connectivity index (χ4n) is 2.70. The second-order valence-corrected chi connectivity index (χ2v) is 6.22. The van der Waals surface area contributed by atoms with Crippen molar-refractivity contribution in [2.45, 2.75) is 26.3 Å². The molecule has 1 aliphatic heterocycles. The summed E-state index contributed by atoms with van der Waals surface area (Å²) in [6, 6.07) is 10.1. The minimum Gasteiger partial charge on any atom is -0.354 e. The maximum Gasteiger partial charge on any atom is 0.234 e. The van der Waals surface area contributed by atoms with Crippen molar-refractivity contribution in [1.82, 2.24) is 15.5 Å². The molecule has 0 spiro atoms. The third kappa shape index (κ3) is 5.15. The number of rotatable bonds is 6. The molecular formula is C17H25N3O2. The van der Waals surface area contributed by atoms with E-state index in [0.717, 1.165) is 18.5 Å². The number of carbonyl (C=O) groups excluding carboxylic acids is 2. The van der Waals surface area contributed by atoms with Crippen LogP contribution in [-0.4, -0.2) is 42.9 Å². The molecule has 1 aromatic carbocycles. The predicted molar refractivity (Wildman–Crippen MR) is 86.2 cm³/mol. The lowest BCUT2D eigenvalue weighted by atomic mass is 9.97. The topological polar surface area (TPSA) is 61.4 Å². The van der Waals surface area contributed by atoms with Gasteiger partial charge in [0.15, 0.2) is 0 Å². The van der Waals surface area contributed by atoms with Gasteiger partial charge in [-0.05, 0) is 17.9 Å². The number of piperazine rings is 1. The monoisotopic (exact) mass is 303 g/mol. The summed E-state index contributed by atoms with van der Waals surface area (Å²) in [6.07, 6.45) is 0.899. The molecule has 2 N–H and O–H groups in total. The van der Waals surface area contributed by atoms with E-state index in [9.17, 15) is 9.59 Å². The van der Waals surface area contributed by atoms with Gasteiger partial charge in [-0.15, -0.1) is 0 Å². The Morgan fingerprint density at radius 3 is 2.68 bits per heavy atom. The average molecular weight is 303 g/mol. The van der Waals surface area contributed by atoms with Gasteiger partial charge in [-0.2, -0.15) is 0 Å². The van der Waals surface area contributed by atoms with Crippen molar-refractivity contribution < 1.29 is 9.59 Å². The Hall–Kier alpha value is -1.88. The summed E-state index contributed by atoms with van der Waals surface area (Å²) in [5.41, 5.74) is 1.13. The fourth-order valence-corrected chi connectivity index (χ4v) is 2.70. The van der Waals surface area contributed by atoms with E-state index in [1.807, 2.05) is 35.2 Å². The third-order valence-corrected chi connectivity index (χ3v) is 3.73. The van der Waals surface area contributed by atoms with Gasteiger partial charge in [0.25, 0.3) is 0 Å². The van der Waals surface area contributed by atoms with Gasteiger partial charge in [0.2, 0.25) is 11.8 Å². The molecule has 0 aliphatic carbocycles. The first-order chi connectivity index (χ1) is 10.5. The molecule has 2 rings (SSSR count). The molecule has 5 nitrogen and oxygen atoms in total. The van der Waals surface area contributed by atoms with E-state index < -0.39 is 0 Å². The van der Waals surface area contributed by atoms with Gasteiger partial charge in [0.05, 0.1) is 19.1 Å². The van der Waals surface area contributed by atoms with E-state index in [-0.39, 0.29) is 24.4 Å². The Morgan fingerprint density at radius 2 is 2.05 bits per heavy atom. The summed E-state index contributed by atoms with van der Waals surface area (Å²) in [6.45, 7) is 6.20. The van der Waals surface area contributed by atoms with E-state index in [1.54, 1.807) is 0 Å². The highest BCUT2D eigenvalue weighted by molar-refractivity contribution is 5.82. The van der Waals surface area contributed by atoms with Crippen LogP contribution in [0.1, 0.15) is 31.9 Å². The molecule has 0 radical (unpaired) electrons. The first-order valence-electron chi connectivity index (χ1n) is 7.88. The quantitative estimate of drug-likeness (QED) is 0.833. The van der Waals surface area contributed by atoms with Crippen molar-refractivity contribution in [3.05, 3.63) is 35.9 Å². The smallest absolute Gasteiger partial charge is 0.234 e. The minimum absolute atomic E-state index is 0.0131. The summed E-state index contributed by atoms with van der Waals surface area (Å²) < 4.78 is 0. The third-order valence-electron chi connectivity index (χ3n) is 3.73. The highest BCUT2D eigenvalue weighted by Gasteiger charge is 2.21. The summed E-state index contributed by atoms with van der Waals surface area (Å²) in [7, 11) is 0. The summed E-state index contributed by atoms with van der Waals surface area (Å²) in [5.74, 6) is 0.455. The zero-order valence-electron chi connectivity index (χ0n) is 13.3. The molecule has 0 bridgehead atoms. The number of nitrogens with one attached hydrogen (secondary N) is 2. The molecular weight excluding hydrogens is 278 g/mol. The maximum absolute atomic E-state index is 12.3. The maximum atomic E-state index is 12.3. The van der Waals surface area contributed by atoms with E-state index >= 15 is 0 Å². The van der Waals surface area contributed by atoms with Gasteiger partial charge in [-0.3, -0.25) is 14.5 Å². The molecule has 1 aromatic rings. The van der Waals surface area contributed by atoms with Crippen LogP contribution in [0.4, 0.5) is 0 Å². The Balaban J connectivity index is 1.94. The zero-order valence-corrected chi connectivity index (χ0v) is 13.3. The lowest BCUT2D eigenvalue weighted by Crippen LogP contribution is -2.50. The van der Waals surface area contributed by atoms with Crippen LogP contribution >= 0.6 is 0 Å². The van der Waals surface area contributed by atoms with Crippen LogP contribution < -0.4 is 10.6 Å². The molecule has 22 heavy (non-hydrogen) atoms. The molecule has 0 unspecified atom stereocenters. The normalized spacial score (nSPS) is 17.1. The number of hydrogen-bond donors (Lipinski definition) is 2. The van der Waals surface area contributed by atoms with Gasteiger partial charge in [0.1, 0.15) is 0 Å². The number of benzene rings is 1. The Bertz CT molecular complexity index is 502. The highest BCUT2D eigenvalue weighted by atomic mass is 16.2. The van der Waals surface area contributed by atoms with E-state index in [0.29, 0.717) is 19.0 Å². The lowest BCUT2D eigenvalue weighted by molar-refractivity contribution is -0.127. The van der Waals surface area contributed by atoms with E-state index in [4.69, 9.17) is 0 Å². The van der Waals surface area contributed by atoms with Crippen molar-refractivity contribution in [3.63, 3.8) is 0 Å². The van der Waals surface area contributed by atoms with Crippen molar-refractivity contribution in [2.24, 2.45) is 5.92 Å². The van der Waals surface area contributed by atoms with Gasteiger partial charge >= 0.3 is 0 Å². The fraction of sp³-hybridized carbons (Fsp3) is 0.529.